The van der Waals surface area contributed by atoms with Crippen LogP contribution in [0.2, 0.25) is 12.6 Å². The Labute approximate surface area is 190 Å². The Kier molecular flexibility index (Phi) is 14.5. The van der Waals surface area contributed by atoms with Crippen LogP contribution in [0.1, 0.15) is 123 Å². The van der Waals surface area contributed by atoms with Gasteiger partial charge in [-0.2, -0.15) is 0 Å². The third-order valence-corrected chi connectivity index (χ3v) is 6.71. The summed E-state index contributed by atoms with van der Waals surface area (Å²) in [5.41, 5.74) is -0.476. The second kappa shape index (κ2) is 13.5. The number of rotatable bonds is 5. The van der Waals surface area contributed by atoms with Crippen LogP contribution in [0.5, 0.6) is 0 Å². The zero-order valence-electron chi connectivity index (χ0n) is 23.2. The third kappa shape index (κ3) is 6.98. The van der Waals surface area contributed by atoms with Crippen molar-refractivity contribution in [3.05, 3.63) is 0 Å². The normalized spacial score (nSPS) is 22.4. The van der Waals surface area contributed by atoms with E-state index < -0.39 is 0 Å². The fourth-order valence-corrected chi connectivity index (χ4v) is 4.22. The van der Waals surface area contributed by atoms with Gasteiger partial charge in [-0.1, -0.05) is 69.2 Å². The molecule has 0 bridgehead atoms. The van der Waals surface area contributed by atoms with Crippen LogP contribution in [-0.2, 0) is 18.6 Å². The molecule has 2 heterocycles. The van der Waals surface area contributed by atoms with Gasteiger partial charge in [0.25, 0.3) is 0 Å². The molecule has 30 heavy (non-hydrogen) atoms. The molecule has 4 nitrogen and oxygen atoms in total. The largest absolute Gasteiger partial charge is 0.460 e. The van der Waals surface area contributed by atoms with Gasteiger partial charge in [0.2, 0.25) is 0 Å². The highest BCUT2D eigenvalue weighted by molar-refractivity contribution is 6.47. The van der Waals surface area contributed by atoms with E-state index in [9.17, 15) is 0 Å². The minimum Gasteiger partial charge on any atom is -0.403 e. The van der Waals surface area contributed by atoms with E-state index in [4.69, 9.17) is 18.6 Å². The average Bonchev–Trinajstić information content (AvgIpc) is 3.15. The van der Waals surface area contributed by atoms with Crippen molar-refractivity contribution in [3.8, 4) is 0 Å². The lowest BCUT2D eigenvalue weighted by atomic mass is 9.75. The first-order valence-electron chi connectivity index (χ1n) is 12.6. The first-order valence-corrected chi connectivity index (χ1v) is 12.6. The van der Waals surface area contributed by atoms with E-state index >= 15 is 0 Å². The molecular formula is C24H54B2O4. The molecule has 0 amide bonds. The molecule has 2 saturated heterocycles. The Hall–Kier alpha value is -0.0301. The summed E-state index contributed by atoms with van der Waals surface area (Å²) in [6, 6.07) is 0. The summed E-state index contributed by atoms with van der Waals surface area (Å²) in [7, 11) is -0.0928. The van der Waals surface area contributed by atoms with Gasteiger partial charge in [-0.15, -0.1) is 0 Å². The molecule has 0 aromatic heterocycles. The van der Waals surface area contributed by atoms with Crippen LogP contribution in [0.15, 0.2) is 0 Å². The maximum absolute atomic E-state index is 6.28. The van der Waals surface area contributed by atoms with E-state index in [1.807, 2.05) is 34.5 Å². The number of hydrogen-bond donors (Lipinski definition) is 0. The zero-order valence-corrected chi connectivity index (χ0v) is 23.2. The Bertz CT molecular complexity index is 408. The van der Waals surface area contributed by atoms with Gasteiger partial charge >= 0.3 is 14.2 Å². The summed E-state index contributed by atoms with van der Waals surface area (Å²) in [6.45, 7) is 31.3. The van der Waals surface area contributed by atoms with Crippen molar-refractivity contribution in [1.29, 1.82) is 0 Å². The molecule has 0 atom stereocenters. The maximum Gasteiger partial charge on any atom is 0.460 e. The van der Waals surface area contributed by atoms with E-state index in [2.05, 4.69) is 69.2 Å². The molecule has 0 radical (unpaired) electrons. The molecule has 2 aliphatic heterocycles. The summed E-state index contributed by atoms with van der Waals surface area (Å²) in [5, 5.41) is 0. The molecule has 0 unspecified atom stereocenters. The Morgan fingerprint density at radius 1 is 0.600 bits per heavy atom. The molecule has 0 aromatic rings. The SMILES string of the molecule is CB1OC(C)(C)C(C)(C)O1.CC.CC.CCC1(CC)OB(C(C)C)OC1(CC)CC. The molecule has 0 aromatic carbocycles. The molecule has 0 spiro atoms. The molecule has 2 rings (SSSR count). The van der Waals surface area contributed by atoms with Crippen molar-refractivity contribution in [2.24, 2.45) is 0 Å². The van der Waals surface area contributed by atoms with Crippen molar-refractivity contribution < 1.29 is 18.6 Å². The predicted molar refractivity (Wildman–Crippen MR) is 134 cm³/mol. The fourth-order valence-electron chi connectivity index (χ4n) is 4.22. The van der Waals surface area contributed by atoms with Crippen LogP contribution in [0.25, 0.3) is 0 Å². The minimum atomic E-state index is -0.160. The topological polar surface area (TPSA) is 36.9 Å². The van der Waals surface area contributed by atoms with Gasteiger partial charge in [-0.3, -0.25) is 0 Å². The molecule has 2 aliphatic rings. The van der Waals surface area contributed by atoms with Gasteiger partial charge in [0, 0.05) is 0 Å². The molecular weight excluding hydrogens is 374 g/mol. The van der Waals surface area contributed by atoms with Crippen LogP contribution < -0.4 is 0 Å². The van der Waals surface area contributed by atoms with Crippen LogP contribution in [0, 0.1) is 0 Å². The quantitative estimate of drug-likeness (QED) is 0.419. The standard InChI is InChI=1S/C13H27BO2.C7H15BO2.2C2H6/c1-7-12(8-2)13(9-3,10-4)16-14(15-12)11(5)6;1-6(2)7(3,4)10-8(5)9-6;2*1-2/h11H,7-10H2,1-6H3;1-5H3;2*1-2H3. The van der Waals surface area contributed by atoms with Gasteiger partial charge in [0.15, 0.2) is 0 Å². The zero-order chi connectivity index (χ0) is 24.4. The summed E-state index contributed by atoms with van der Waals surface area (Å²) < 4.78 is 23.7. The highest BCUT2D eigenvalue weighted by atomic mass is 16.7. The summed E-state index contributed by atoms with van der Waals surface area (Å²) >= 11 is 0. The average molecular weight is 428 g/mol. The maximum atomic E-state index is 6.28. The lowest BCUT2D eigenvalue weighted by molar-refractivity contribution is -0.0601. The Balaban J connectivity index is 0. The Morgan fingerprint density at radius 3 is 1.00 bits per heavy atom. The van der Waals surface area contributed by atoms with Gasteiger partial charge in [0.05, 0.1) is 22.4 Å². The second-order valence-electron chi connectivity index (χ2n) is 9.07. The number of hydrogen-bond acceptors (Lipinski definition) is 4. The summed E-state index contributed by atoms with van der Waals surface area (Å²) in [6.07, 6.45) is 4.14. The molecule has 2 fully saturated rings. The van der Waals surface area contributed by atoms with Crippen LogP contribution in [0.3, 0.4) is 0 Å². The van der Waals surface area contributed by atoms with Crippen molar-refractivity contribution >= 4 is 14.2 Å². The minimum absolute atomic E-state index is 0.0280. The van der Waals surface area contributed by atoms with Crippen molar-refractivity contribution in [1.82, 2.24) is 0 Å². The highest BCUT2D eigenvalue weighted by Gasteiger charge is 2.58. The lowest BCUT2D eigenvalue weighted by Gasteiger charge is -2.42. The van der Waals surface area contributed by atoms with Gasteiger partial charge < -0.3 is 18.6 Å². The second-order valence-corrected chi connectivity index (χ2v) is 9.07. The predicted octanol–water partition coefficient (Wildman–Crippen LogP) is 7.81. The molecule has 0 saturated carbocycles. The van der Waals surface area contributed by atoms with E-state index in [0.717, 1.165) is 25.7 Å². The van der Waals surface area contributed by atoms with Gasteiger partial charge in [0.1, 0.15) is 0 Å². The molecule has 0 N–H and O–H groups in total. The van der Waals surface area contributed by atoms with Crippen molar-refractivity contribution in [2.75, 3.05) is 0 Å². The fraction of sp³-hybridized carbons (Fsp3) is 1.00. The Morgan fingerprint density at radius 2 is 0.867 bits per heavy atom. The van der Waals surface area contributed by atoms with Crippen LogP contribution in [-0.4, -0.2) is 36.6 Å². The van der Waals surface area contributed by atoms with E-state index in [-0.39, 0.29) is 36.6 Å². The third-order valence-electron chi connectivity index (χ3n) is 6.71. The first-order chi connectivity index (χ1) is 13.9. The molecule has 0 aliphatic carbocycles. The lowest BCUT2D eigenvalue weighted by Crippen LogP contribution is -2.50. The summed E-state index contributed by atoms with van der Waals surface area (Å²) in [4.78, 5) is 0. The van der Waals surface area contributed by atoms with Crippen LogP contribution in [0.4, 0.5) is 0 Å². The molecule has 180 valence electrons. The van der Waals surface area contributed by atoms with Crippen molar-refractivity contribution in [3.63, 3.8) is 0 Å². The first kappa shape index (κ1) is 32.2. The smallest absolute Gasteiger partial charge is 0.403 e. The van der Waals surface area contributed by atoms with E-state index in [1.54, 1.807) is 0 Å². The summed E-state index contributed by atoms with van der Waals surface area (Å²) in [5.74, 6) is 0.428. The molecule has 6 heteroatoms. The monoisotopic (exact) mass is 428 g/mol. The van der Waals surface area contributed by atoms with E-state index in [0.29, 0.717) is 5.82 Å². The van der Waals surface area contributed by atoms with E-state index in [1.165, 1.54) is 0 Å². The van der Waals surface area contributed by atoms with Crippen LogP contribution >= 0.6 is 0 Å². The van der Waals surface area contributed by atoms with Gasteiger partial charge in [-0.25, -0.2) is 0 Å². The van der Waals surface area contributed by atoms with Crippen molar-refractivity contribution in [2.45, 2.75) is 158 Å². The highest BCUT2D eigenvalue weighted by Crippen LogP contribution is 2.48. The van der Waals surface area contributed by atoms with Gasteiger partial charge in [-0.05, 0) is 66.0 Å².